The van der Waals surface area contributed by atoms with Gasteiger partial charge in [-0.15, -0.1) is 0 Å². The van der Waals surface area contributed by atoms with Crippen molar-refractivity contribution in [2.75, 3.05) is 6.54 Å². The number of unbranched alkanes of at least 4 members (excludes halogenated alkanes) is 2. The third-order valence-electron chi connectivity index (χ3n) is 3.36. The molecule has 1 aromatic rings. The minimum atomic E-state index is -0.892. The number of primary amides is 1. The molecule has 28 heavy (non-hydrogen) atoms. The maximum Gasteiger partial charge on any atom is 0.407 e. The van der Waals surface area contributed by atoms with Gasteiger partial charge >= 0.3 is 18.0 Å². The highest BCUT2D eigenvalue weighted by Gasteiger charge is 2.02. The summed E-state index contributed by atoms with van der Waals surface area (Å²) in [6.45, 7) is 0.763. The Hall–Kier alpha value is -3.10. The van der Waals surface area contributed by atoms with Gasteiger partial charge in [0.2, 0.25) is 5.91 Å². The summed E-state index contributed by atoms with van der Waals surface area (Å²) < 4.78 is 5.03. The molecule has 1 rings (SSSR count). The van der Waals surface area contributed by atoms with Crippen LogP contribution in [0, 0.1) is 0 Å². The number of nitrogens with two attached hydrogens (primary N) is 1. The largest absolute Gasteiger partial charge is 0.481 e. The molecule has 0 saturated heterocycles. The Morgan fingerprint density at radius 2 is 1.46 bits per heavy atom. The summed E-state index contributed by atoms with van der Waals surface area (Å²) in [5.41, 5.74) is 5.69. The van der Waals surface area contributed by atoms with Gasteiger partial charge in [0, 0.05) is 25.8 Å². The van der Waals surface area contributed by atoms with E-state index in [0.29, 0.717) is 19.4 Å². The predicted molar refractivity (Wildman–Crippen MR) is 101 cm³/mol. The lowest BCUT2D eigenvalue weighted by Crippen LogP contribution is -2.25. The van der Waals surface area contributed by atoms with Gasteiger partial charge in [-0.2, -0.15) is 0 Å². The van der Waals surface area contributed by atoms with Crippen molar-refractivity contribution in [3.8, 4) is 0 Å². The van der Waals surface area contributed by atoms with Crippen LogP contribution in [0.5, 0.6) is 0 Å². The summed E-state index contributed by atoms with van der Waals surface area (Å²) in [7, 11) is 0. The van der Waals surface area contributed by atoms with Crippen molar-refractivity contribution in [3.05, 3.63) is 35.9 Å². The van der Waals surface area contributed by atoms with Crippen molar-refractivity contribution in [1.29, 1.82) is 0 Å². The van der Waals surface area contributed by atoms with E-state index < -0.39 is 23.9 Å². The molecule has 0 aliphatic carbocycles. The second-order valence-electron chi connectivity index (χ2n) is 5.91. The zero-order chi connectivity index (χ0) is 21.2. The Morgan fingerprint density at radius 3 is 2.04 bits per heavy atom. The number of amides is 2. The minimum Gasteiger partial charge on any atom is -0.481 e. The number of aliphatic carboxylic acids is 2. The first kappa shape index (κ1) is 24.9. The summed E-state index contributed by atoms with van der Waals surface area (Å²) >= 11 is 0. The Bertz CT molecular complexity index is 592. The van der Waals surface area contributed by atoms with Crippen molar-refractivity contribution in [2.45, 2.75) is 51.6 Å². The Kier molecular flexibility index (Phi) is 14.3. The molecule has 0 aliphatic heterocycles. The lowest BCUT2D eigenvalue weighted by Gasteiger charge is -2.06. The first-order valence-electron chi connectivity index (χ1n) is 8.97. The maximum absolute atomic E-state index is 11.3. The van der Waals surface area contributed by atoms with Gasteiger partial charge in [0.25, 0.3) is 0 Å². The Labute approximate surface area is 163 Å². The number of carbonyl (C=O) groups excluding carboxylic acids is 2. The number of carboxylic acid groups (broad SMARTS) is 2. The van der Waals surface area contributed by atoms with E-state index in [4.69, 9.17) is 20.7 Å². The fourth-order valence-corrected chi connectivity index (χ4v) is 1.96. The van der Waals surface area contributed by atoms with Crippen molar-refractivity contribution in [3.63, 3.8) is 0 Å². The van der Waals surface area contributed by atoms with Gasteiger partial charge in [-0.05, 0) is 24.8 Å². The summed E-state index contributed by atoms with van der Waals surface area (Å²) in [4.78, 5) is 41.4. The number of benzene rings is 1. The molecule has 2 amide bonds. The van der Waals surface area contributed by atoms with Crippen LogP contribution in [0.25, 0.3) is 0 Å². The van der Waals surface area contributed by atoms with Gasteiger partial charge in [0.05, 0.1) is 0 Å². The number of carboxylic acids is 2. The molecule has 0 unspecified atom stereocenters. The number of carbonyl (C=O) groups is 4. The topological polar surface area (TPSA) is 156 Å². The summed E-state index contributed by atoms with van der Waals surface area (Å²) in [6.07, 6.45) is 2.43. The molecule has 9 heteroatoms. The third-order valence-corrected chi connectivity index (χ3v) is 3.36. The van der Waals surface area contributed by atoms with E-state index in [9.17, 15) is 19.2 Å². The number of nitrogens with one attached hydrogen (secondary N) is 1. The maximum atomic E-state index is 11.3. The van der Waals surface area contributed by atoms with Gasteiger partial charge in [-0.3, -0.25) is 14.4 Å². The van der Waals surface area contributed by atoms with Crippen LogP contribution in [0.2, 0.25) is 0 Å². The van der Waals surface area contributed by atoms with Crippen LogP contribution in [0.15, 0.2) is 30.3 Å². The number of hydrogen-bond donors (Lipinski definition) is 4. The second kappa shape index (κ2) is 16.1. The van der Waals surface area contributed by atoms with Crippen LogP contribution in [0.3, 0.4) is 0 Å². The van der Waals surface area contributed by atoms with Gasteiger partial charge in [-0.1, -0.05) is 36.8 Å². The summed E-state index contributed by atoms with van der Waals surface area (Å²) in [6, 6.07) is 9.46. The van der Waals surface area contributed by atoms with Crippen molar-refractivity contribution < 1.29 is 34.1 Å². The van der Waals surface area contributed by atoms with Gasteiger partial charge in [-0.25, -0.2) is 4.79 Å². The molecule has 5 N–H and O–H groups in total. The van der Waals surface area contributed by atoms with Crippen LogP contribution in [0.4, 0.5) is 4.79 Å². The highest BCUT2D eigenvalue weighted by Crippen LogP contribution is 2.01. The third kappa shape index (κ3) is 17.7. The fraction of sp³-hybridized carbons (Fsp3) is 0.474. The molecule has 0 heterocycles. The molecule has 0 bridgehead atoms. The van der Waals surface area contributed by atoms with Crippen molar-refractivity contribution in [1.82, 2.24) is 5.32 Å². The zero-order valence-corrected chi connectivity index (χ0v) is 15.8. The van der Waals surface area contributed by atoms with Gasteiger partial charge in [0.1, 0.15) is 6.61 Å². The molecule has 9 nitrogen and oxygen atoms in total. The van der Waals surface area contributed by atoms with Crippen LogP contribution in [-0.4, -0.2) is 40.7 Å². The summed E-state index contributed by atoms with van der Waals surface area (Å²) in [5, 5.41) is 19.2. The molecule has 0 fully saturated rings. The predicted octanol–water partition coefficient (Wildman–Crippen LogP) is 2.28. The molecule has 0 saturated carbocycles. The normalized spacial score (nSPS) is 9.57. The quantitative estimate of drug-likeness (QED) is 0.395. The molecule has 0 radical (unpaired) electrons. The number of rotatable bonds is 12. The van der Waals surface area contributed by atoms with Crippen LogP contribution < -0.4 is 11.1 Å². The zero-order valence-electron chi connectivity index (χ0n) is 15.8. The van der Waals surface area contributed by atoms with E-state index in [0.717, 1.165) is 18.4 Å². The average Bonchev–Trinajstić information content (AvgIpc) is 2.63. The van der Waals surface area contributed by atoms with Crippen molar-refractivity contribution in [2.24, 2.45) is 5.73 Å². The molecular formula is C19H28N2O7. The first-order chi connectivity index (χ1) is 13.3. The van der Waals surface area contributed by atoms with E-state index >= 15 is 0 Å². The molecule has 0 atom stereocenters. The molecule has 0 aliphatic rings. The van der Waals surface area contributed by atoms with Crippen molar-refractivity contribution >= 4 is 23.9 Å². The van der Waals surface area contributed by atoms with E-state index in [-0.39, 0.29) is 25.9 Å². The molecule has 1 aromatic carbocycles. The molecule has 156 valence electrons. The fourth-order valence-electron chi connectivity index (χ4n) is 1.96. The average molecular weight is 396 g/mol. The van der Waals surface area contributed by atoms with E-state index in [1.54, 1.807) is 0 Å². The monoisotopic (exact) mass is 396 g/mol. The van der Waals surface area contributed by atoms with E-state index in [1.807, 2.05) is 30.3 Å². The highest BCUT2D eigenvalue weighted by atomic mass is 16.5. The smallest absolute Gasteiger partial charge is 0.407 e. The van der Waals surface area contributed by atoms with Crippen LogP contribution in [-0.2, 0) is 25.7 Å². The minimum absolute atomic E-state index is 0.0168. The summed E-state index contributed by atoms with van der Waals surface area (Å²) in [5.74, 6) is -2.12. The van der Waals surface area contributed by atoms with E-state index in [2.05, 4.69) is 5.32 Å². The van der Waals surface area contributed by atoms with Crippen LogP contribution in [0.1, 0.15) is 50.5 Å². The number of hydrogen-bond acceptors (Lipinski definition) is 5. The Morgan fingerprint density at radius 1 is 0.857 bits per heavy atom. The number of alkyl carbamates (subject to hydrolysis) is 1. The lowest BCUT2D eigenvalue weighted by molar-refractivity contribution is -0.138. The first-order valence-corrected chi connectivity index (χ1v) is 8.97. The van der Waals surface area contributed by atoms with Gasteiger partial charge < -0.3 is 26.0 Å². The highest BCUT2D eigenvalue weighted by molar-refractivity contribution is 5.74. The SMILES string of the molecule is NC(=O)CCCC(=O)O.O=C(O)CCCCCNC(=O)OCc1ccccc1. The number of ether oxygens (including phenoxy) is 1. The molecular weight excluding hydrogens is 368 g/mol. The molecule has 0 spiro atoms. The van der Waals surface area contributed by atoms with E-state index in [1.165, 1.54) is 0 Å². The molecule has 0 aromatic heterocycles. The Balaban J connectivity index is 0.000000684. The van der Waals surface area contributed by atoms with Gasteiger partial charge in [0.15, 0.2) is 0 Å². The van der Waals surface area contributed by atoms with Crippen LogP contribution >= 0.6 is 0 Å². The second-order valence-corrected chi connectivity index (χ2v) is 5.91. The standard InChI is InChI=1S/C14H19NO4.C5H9NO3/c16-13(17)9-5-2-6-10-15-14(18)19-11-12-7-3-1-4-8-12;6-4(7)2-1-3-5(8)9/h1,3-4,7-8H,2,5-6,9-11H2,(H,15,18)(H,16,17);1-3H2,(H2,6,7)(H,8,9). The lowest BCUT2D eigenvalue weighted by atomic mass is 10.2.